The lowest BCUT2D eigenvalue weighted by Crippen LogP contribution is -2.57. The van der Waals surface area contributed by atoms with Gasteiger partial charge in [-0.3, -0.25) is 20.1 Å². The molecule has 2 amide bonds. The van der Waals surface area contributed by atoms with Gasteiger partial charge in [-0.1, -0.05) is 55.7 Å². The Hall–Kier alpha value is -2.73. The number of amidine groups is 1. The molecule has 6 heteroatoms. The van der Waals surface area contributed by atoms with Crippen LogP contribution in [0.25, 0.3) is 0 Å². The summed E-state index contributed by atoms with van der Waals surface area (Å²) in [5, 5.41) is 3.09. The van der Waals surface area contributed by atoms with Crippen molar-refractivity contribution in [2.24, 2.45) is 4.99 Å². The first-order chi connectivity index (χ1) is 15.6. The molecule has 2 aromatic carbocycles. The second-order valence-corrected chi connectivity index (χ2v) is 9.31. The molecule has 0 atom stereocenters. The number of halogens is 1. The van der Waals surface area contributed by atoms with E-state index in [4.69, 9.17) is 4.99 Å². The fourth-order valence-corrected chi connectivity index (χ4v) is 5.48. The quantitative estimate of drug-likeness (QED) is 0.726. The van der Waals surface area contributed by atoms with Crippen LogP contribution in [0.15, 0.2) is 59.6 Å². The first-order valence-corrected chi connectivity index (χ1v) is 11.9. The van der Waals surface area contributed by atoms with Gasteiger partial charge >= 0.3 is 6.03 Å². The first kappa shape index (κ1) is 21.1. The molecule has 0 aromatic heterocycles. The third kappa shape index (κ3) is 4.16. The maximum atomic E-state index is 14.1. The molecule has 0 bridgehead atoms. The lowest BCUT2D eigenvalue weighted by atomic mass is 9.84. The maximum absolute atomic E-state index is 14.1. The molecule has 0 unspecified atom stereocenters. The van der Waals surface area contributed by atoms with Gasteiger partial charge in [-0.15, -0.1) is 0 Å². The molecule has 3 aliphatic rings. The molecule has 1 spiro atoms. The number of likely N-dealkylation sites (tertiary alicyclic amines) is 1. The number of carbonyl (C=O) groups excluding carboxylic acids is 1. The third-order valence-electron chi connectivity index (χ3n) is 7.18. The summed E-state index contributed by atoms with van der Waals surface area (Å²) < 4.78 is 14.1. The average Bonchev–Trinajstić information content (AvgIpc) is 3.07. The molecule has 1 N–H and O–H groups in total. The Morgan fingerprint density at radius 2 is 1.75 bits per heavy atom. The molecule has 3 fully saturated rings. The van der Waals surface area contributed by atoms with E-state index in [2.05, 4.69) is 34.5 Å². The van der Waals surface area contributed by atoms with Crippen LogP contribution in [0.5, 0.6) is 0 Å². The number of nitrogens with one attached hydrogen (secondary N) is 1. The van der Waals surface area contributed by atoms with Crippen LogP contribution < -0.4 is 10.2 Å². The Labute approximate surface area is 189 Å². The van der Waals surface area contributed by atoms with Crippen LogP contribution in [0.3, 0.4) is 0 Å². The maximum Gasteiger partial charge on any atom is 0.328 e. The lowest BCUT2D eigenvalue weighted by Gasteiger charge is -2.44. The van der Waals surface area contributed by atoms with Gasteiger partial charge < -0.3 is 0 Å². The van der Waals surface area contributed by atoms with Crippen LogP contribution >= 0.6 is 0 Å². The molecule has 0 radical (unpaired) electrons. The Bertz CT molecular complexity index is 978. The highest BCUT2D eigenvalue weighted by Gasteiger charge is 2.53. The Morgan fingerprint density at radius 1 is 1.00 bits per heavy atom. The molecule has 5 rings (SSSR count). The Kier molecular flexibility index (Phi) is 5.96. The second-order valence-electron chi connectivity index (χ2n) is 9.31. The van der Waals surface area contributed by atoms with Gasteiger partial charge in [-0.25, -0.2) is 9.18 Å². The summed E-state index contributed by atoms with van der Waals surface area (Å²) in [6, 6.07) is 16.9. The van der Waals surface area contributed by atoms with E-state index in [0.717, 1.165) is 51.2 Å². The summed E-state index contributed by atoms with van der Waals surface area (Å²) in [6.45, 7) is 2.62. The number of amides is 2. The van der Waals surface area contributed by atoms with E-state index in [9.17, 15) is 9.18 Å². The van der Waals surface area contributed by atoms with Crippen molar-refractivity contribution < 1.29 is 9.18 Å². The van der Waals surface area contributed by atoms with E-state index < -0.39 is 5.54 Å². The van der Waals surface area contributed by atoms with Crippen molar-refractivity contribution in [3.63, 3.8) is 0 Å². The molecule has 5 nitrogen and oxygen atoms in total. The van der Waals surface area contributed by atoms with E-state index in [1.807, 2.05) is 12.1 Å². The van der Waals surface area contributed by atoms with Crippen molar-refractivity contribution in [3.8, 4) is 0 Å². The van der Waals surface area contributed by atoms with Crippen molar-refractivity contribution >= 4 is 17.6 Å². The summed E-state index contributed by atoms with van der Waals surface area (Å²) in [5.41, 5.74) is 1.37. The van der Waals surface area contributed by atoms with Crippen LogP contribution in [0, 0.1) is 5.82 Å². The SMILES string of the molecule is O=C1NC(=NC2CCCCC2)C2(CCN(Cc3ccccc3)CC2)N1c1cccc(F)c1. The highest BCUT2D eigenvalue weighted by molar-refractivity contribution is 6.19. The molecule has 2 aromatic rings. The van der Waals surface area contributed by atoms with Crippen LogP contribution in [0.1, 0.15) is 50.5 Å². The molecule has 1 saturated carbocycles. The first-order valence-electron chi connectivity index (χ1n) is 11.9. The van der Waals surface area contributed by atoms with Gasteiger partial charge in [0.25, 0.3) is 0 Å². The number of carbonyl (C=O) groups is 1. The monoisotopic (exact) mass is 434 g/mol. The third-order valence-corrected chi connectivity index (χ3v) is 7.18. The van der Waals surface area contributed by atoms with Crippen molar-refractivity contribution in [2.75, 3.05) is 18.0 Å². The molecule has 168 valence electrons. The van der Waals surface area contributed by atoms with Gasteiger partial charge in [0.2, 0.25) is 0 Å². The second kappa shape index (κ2) is 9.02. The summed E-state index contributed by atoms with van der Waals surface area (Å²) in [4.78, 5) is 22.5. The van der Waals surface area contributed by atoms with Crippen LogP contribution in [-0.4, -0.2) is 41.4 Å². The zero-order valence-corrected chi connectivity index (χ0v) is 18.5. The van der Waals surface area contributed by atoms with Gasteiger partial charge in [-0.2, -0.15) is 0 Å². The molecule has 1 aliphatic carbocycles. The minimum Gasteiger partial charge on any atom is -0.299 e. The number of nitrogens with zero attached hydrogens (tertiary/aromatic N) is 3. The van der Waals surface area contributed by atoms with Crippen molar-refractivity contribution in [3.05, 3.63) is 66.0 Å². The predicted molar refractivity (Wildman–Crippen MR) is 125 cm³/mol. The zero-order chi connectivity index (χ0) is 22.0. The fourth-order valence-electron chi connectivity index (χ4n) is 5.48. The highest BCUT2D eigenvalue weighted by Crippen LogP contribution is 2.39. The summed E-state index contributed by atoms with van der Waals surface area (Å²) in [7, 11) is 0. The van der Waals surface area contributed by atoms with Crippen LogP contribution in [0.4, 0.5) is 14.9 Å². The van der Waals surface area contributed by atoms with E-state index in [0.29, 0.717) is 5.69 Å². The van der Waals surface area contributed by atoms with E-state index in [1.165, 1.54) is 37.0 Å². The number of hydrogen-bond acceptors (Lipinski definition) is 3. The number of hydrogen-bond donors (Lipinski definition) is 1. The smallest absolute Gasteiger partial charge is 0.299 e. The molecule has 2 heterocycles. The average molecular weight is 435 g/mol. The van der Waals surface area contributed by atoms with E-state index in [1.54, 1.807) is 11.0 Å². The van der Waals surface area contributed by atoms with Crippen molar-refractivity contribution in [1.82, 2.24) is 10.2 Å². The summed E-state index contributed by atoms with van der Waals surface area (Å²) in [6.07, 6.45) is 7.37. The normalized spacial score (nSPS) is 23.1. The number of piperidine rings is 1. The number of rotatable bonds is 4. The largest absolute Gasteiger partial charge is 0.328 e. The zero-order valence-electron chi connectivity index (χ0n) is 18.5. The Morgan fingerprint density at radius 3 is 2.47 bits per heavy atom. The van der Waals surface area contributed by atoms with Crippen LogP contribution in [-0.2, 0) is 6.54 Å². The standard InChI is InChI=1S/C26H31FN4O/c27-21-10-7-13-23(18-21)31-25(32)29-24(28-22-11-5-2-6-12-22)26(31)14-16-30(17-15-26)19-20-8-3-1-4-9-20/h1,3-4,7-10,13,18,22H,2,5-6,11-12,14-17,19H2,(H,28,29,32). The Balaban J connectivity index is 1.44. The molecule has 2 saturated heterocycles. The number of anilines is 1. The summed E-state index contributed by atoms with van der Waals surface area (Å²) in [5.74, 6) is 0.461. The lowest BCUT2D eigenvalue weighted by molar-refractivity contribution is 0.184. The molecular formula is C26H31FN4O. The van der Waals surface area contributed by atoms with Crippen molar-refractivity contribution in [2.45, 2.75) is 63.1 Å². The van der Waals surface area contributed by atoms with E-state index >= 15 is 0 Å². The minimum absolute atomic E-state index is 0.193. The topological polar surface area (TPSA) is 47.9 Å². The number of urea groups is 1. The highest BCUT2D eigenvalue weighted by atomic mass is 19.1. The van der Waals surface area contributed by atoms with Gasteiger partial charge in [0, 0.05) is 25.3 Å². The molecule has 2 aliphatic heterocycles. The predicted octanol–water partition coefficient (Wildman–Crippen LogP) is 5.12. The number of aliphatic imine (C=N–C) groups is 1. The fraction of sp³-hybridized carbons (Fsp3) is 0.462. The molecule has 32 heavy (non-hydrogen) atoms. The van der Waals surface area contributed by atoms with Crippen molar-refractivity contribution in [1.29, 1.82) is 0 Å². The van der Waals surface area contributed by atoms with Gasteiger partial charge in [0.05, 0.1) is 6.04 Å². The van der Waals surface area contributed by atoms with Crippen LogP contribution in [0.2, 0.25) is 0 Å². The molecular weight excluding hydrogens is 403 g/mol. The van der Waals surface area contributed by atoms with Gasteiger partial charge in [0.1, 0.15) is 17.2 Å². The minimum atomic E-state index is -0.532. The van der Waals surface area contributed by atoms with Gasteiger partial charge in [0.15, 0.2) is 0 Å². The summed E-state index contributed by atoms with van der Waals surface area (Å²) >= 11 is 0. The van der Waals surface area contributed by atoms with Gasteiger partial charge in [-0.05, 0) is 49.4 Å². The number of benzene rings is 2. The van der Waals surface area contributed by atoms with E-state index in [-0.39, 0.29) is 17.9 Å².